The lowest BCUT2D eigenvalue weighted by Gasteiger charge is -2.24. The van der Waals surface area contributed by atoms with Crippen LogP contribution in [0.4, 0.5) is 19.0 Å². The van der Waals surface area contributed by atoms with Crippen molar-refractivity contribution in [3.8, 4) is 11.6 Å². The van der Waals surface area contributed by atoms with Gasteiger partial charge in [-0.05, 0) is 69.6 Å². The van der Waals surface area contributed by atoms with E-state index in [0.717, 1.165) is 31.5 Å². The van der Waals surface area contributed by atoms with E-state index in [0.29, 0.717) is 29.0 Å². The summed E-state index contributed by atoms with van der Waals surface area (Å²) < 4.78 is 40.6. The molecule has 0 aliphatic carbocycles. The van der Waals surface area contributed by atoms with E-state index in [1.54, 1.807) is 6.92 Å². The normalized spacial score (nSPS) is 15.8. The van der Waals surface area contributed by atoms with Crippen LogP contribution in [0.5, 0.6) is 11.6 Å². The van der Waals surface area contributed by atoms with Gasteiger partial charge in [0.25, 0.3) is 5.88 Å². The van der Waals surface area contributed by atoms with Crippen molar-refractivity contribution in [1.82, 2.24) is 15.3 Å². The molecule has 1 aliphatic heterocycles. The van der Waals surface area contributed by atoms with Crippen molar-refractivity contribution in [2.24, 2.45) is 5.16 Å². The molecule has 0 unspecified atom stereocenters. The first-order valence-electron chi connectivity index (χ1n) is 9.18. The molecule has 0 atom stereocenters. The van der Waals surface area contributed by atoms with Crippen LogP contribution in [0.2, 0.25) is 0 Å². The number of ether oxygens (including phenoxy) is 1. The van der Waals surface area contributed by atoms with Gasteiger partial charge in [0.15, 0.2) is 0 Å². The lowest BCUT2D eigenvalue weighted by Crippen LogP contribution is -2.35. The Balaban J connectivity index is 1.66. The van der Waals surface area contributed by atoms with E-state index in [1.165, 1.54) is 30.6 Å². The first-order chi connectivity index (χ1) is 13.8. The molecule has 0 spiro atoms. The van der Waals surface area contributed by atoms with Gasteiger partial charge in [0.05, 0.1) is 11.3 Å². The standard InChI is InChI=1S/C19H22F3N5O2/c1-12-17(26-15-7-9-23-10-8-15)24-11-25-18(12)29-27-13(2)14-3-5-16(6-4-14)28-19(20,21)22/h3-6,11,15,23H,7-10H2,1-2H3,(H,24,25,26). The van der Waals surface area contributed by atoms with Crippen LogP contribution in [0.1, 0.15) is 30.9 Å². The molecule has 29 heavy (non-hydrogen) atoms. The zero-order valence-corrected chi connectivity index (χ0v) is 16.1. The number of oxime groups is 1. The van der Waals surface area contributed by atoms with Crippen molar-refractivity contribution in [2.45, 2.75) is 39.1 Å². The summed E-state index contributed by atoms with van der Waals surface area (Å²) in [7, 11) is 0. The second-order valence-electron chi connectivity index (χ2n) is 6.66. The summed E-state index contributed by atoms with van der Waals surface area (Å²) in [4.78, 5) is 13.9. The molecule has 1 aromatic heterocycles. The Morgan fingerprint density at radius 1 is 1.17 bits per heavy atom. The molecule has 156 valence electrons. The maximum Gasteiger partial charge on any atom is 0.573 e. The van der Waals surface area contributed by atoms with Crippen LogP contribution in [0.15, 0.2) is 35.7 Å². The number of halogens is 3. The third kappa shape index (κ3) is 6.05. The summed E-state index contributed by atoms with van der Waals surface area (Å²) in [6, 6.07) is 5.72. The molecule has 0 amide bonds. The second-order valence-corrected chi connectivity index (χ2v) is 6.66. The van der Waals surface area contributed by atoms with E-state index in [2.05, 4.69) is 30.5 Å². The molecule has 7 nitrogen and oxygen atoms in total. The second kappa shape index (κ2) is 9.08. The number of alkyl halides is 3. The smallest absolute Gasteiger partial charge is 0.406 e. The van der Waals surface area contributed by atoms with Crippen molar-refractivity contribution in [2.75, 3.05) is 18.4 Å². The average Bonchev–Trinajstić information content (AvgIpc) is 2.68. The highest BCUT2D eigenvalue weighted by atomic mass is 19.4. The fourth-order valence-electron chi connectivity index (χ4n) is 2.89. The number of hydrogen-bond donors (Lipinski definition) is 2. The molecule has 3 rings (SSSR count). The number of hydrogen-bond acceptors (Lipinski definition) is 7. The summed E-state index contributed by atoms with van der Waals surface area (Å²) >= 11 is 0. The van der Waals surface area contributed by atoms with E-state index >= 15 is 0 Å². The molecule has 10 heteroatoms. The van der Waals surface area contributed by atoms with Crippen LogP contribution >= 0.6 is 0 Å². The van der Waals surface area contributed by atoms with Crippen LogP contribution in [-0.4, -0.2) is 41.2 Å². The van der Waals surface area contributed by atoms with Gasteiger partial charge in [-0.3, -0.25) is 0 Å². The Morgan fingerprint density at radius 3 is 2.52 bits per heavy atom. The molecule has 1 aliphatic rings. The van der Waals surface area contributed by atoms with E-state index < -0.39 is 6.36 Å². The molecule has 2 heterocycles. The van der Waals surface area contributed by atoms with Crippen LogP contribution < -0.4 is 20.2 Å². The minimum absolute atomic E-state index is 0.296. The number of piperidine rings is 1. The Labute approximate surface area is 166 Å². The van der Waals surface area contributed by atoms with Gasteiger partial charge in [-0.15, -0.1) is 13.2 Å². The van der Waals surface area contributed by atoms with Gasteiger partial charge in [0.1, 0.15) is 17.9 Å². The molecule has 1 aromatic carbocycles. The lowest BCUT2D eigenvalue weighted by atomic mass is 10.1. The van der Waals surface area contributed by atoms with E-state index in [9.17, 15) is 13.2 Å². The number of benzene rings is 1. The van der Waals surface area contributed by atoms with Crippen LogP contribution in [0.3, 0.4) is 0 Å². The van der Waals surface area contributed by atoms with Crippen LogP contribution in [0, 0.1) is 6.92 Å². The molecule has 1 saturated heterocycles. The number of anilines is 1. The number of aromatic nitrogens is 2. The molecule has 1 fully saturated rings. The molecule has 2 N–H and O–H groups in total. The first-order valence-corrected chi connectivity index (χ1v) is 9.18. The summed E-state index contributed by atoms with van der Waals surface area (Å²) in [5.74, 6) is 0.714. The minimum Gasteiger partial charge on any atom is -0.406 e. The van der Waals surface area contributed by atoms with E-state index in [4.69, 9.17) is 4.84 Å². The van der Waals surface area contributed by atoms with Gasteiger partial charge in [0.2, 0.25) is 0 Å². The molecule has 2 aromatic rings. The van der Waals surface area contributed by atoms with E-state index in [-0.39, 0.29) is 5.75 Å². The average molecular weight is 409 g/mol. The topological polar surface area (TPSA) is 80.7 Å². The van der Waals surface area contributed by atoms with Crippen molar-refractivity contribution < 1.29 is 22.7 Å². The van der Waals surface area contributed by atoms with Gasteiger partial charge in [0, 0.05) is 6.04 Å². The van der Waals surface area contributed by atoms with Crippen molar-refractivity contribution >= 4 is 11.5 Å². The zero-order chi connectivity index (χ0) is 20.9. The van der Waals surface area contributed by atoms with Gasteiger partial charge in [-0.2, -0.15) is 4.98 Å². The zero-order valence-electron chi connectivity index (χ0n) is 16.1. The first kappa shape index (κ1) is 20.8. The highest BCUT2D eigenvalue weighted by Gasteiger charge is 2.31. The summed E-state index contributed by atoms with van der Waals surface area (Å²) in [5, 5.41) is 10.8. The summed E-state index contributed by atoms with van der Waals surface area (Å²) in [6.45, 7) is 5.44. The predicted molar refractivity (Wildman–Crippen MR) is 102 cm³/mol. The van der Waals surface area contributed by atoms with Crippen molar-refractivity contribution in [3.63, 3.8) is 0 Å². The van der Waals surface area contributed by atoms with Crippen molar-refractivity contribution in [1.29, 1.82) is 0 Å². The Bertz CT molecular complexity index is 850. The third-order valence-electron chi connectivity index (χ3n) is 4.49. The molecular weight excluding hydrogens is 387 g/mol. The van der Waals surface area contributed by atoms with E-state index in [1.807, 2.05) is 6.92 Å². The highest BCUT2D eigenvalue weighted by Crippen LogP contribution is 2.24. The minimum atomic E-state index is -4.72. The summed E-state index contributed by atoms with van der Waals surface area (Å²) in [5.41, 5.74) is 1.81. The maximum atomic E-state index is 12.2. The van der Waals surface area contributed by atoms with Gasteiger partial charge in [-0.1, -0.05) is 5.16 Å². The molecule has 0 bridgehead atoms. The number of rotatable bonds is 6. The maximum absolute atomic E-state index is 12.2. The molecular formula is C19H22F3N5O2. The molecule has 0 saturated carbocycles. The fourth-order valence-corrected chi connectivity index (χ4v) is 2.89. The quantitative estimate of drug-likeness (QED) is 0.560. The van der Waals surface area contributed by atoms with Gasteiger partial charge in [-0.25, -0.2) is 4.98 Å². The van der Waals surface area contributed by atoms with Crippen LogP contribution in [0.25, 0.3) is 0 Å². The predicted octanol–water partition coefficient (Wildman–Crippen LogP) is 3.65. The Morgan fingerprint density at radius 2 is 1.86 bits per heavy atom. The Kier molecular flexibility index (Phi) is 6.53. The van der Waals surface area contributed by atoms with Gasteiger partial charge < -0.3 is 20.2 Å². The number of nitrogens with one attached hydrogen (secondary N) is 2. The van der Waals surface area contributed by atoms with Crippen molar-refractivity contribution in [3.05, 3.63) is 41.7 Å². The Hall–Kier alpha value is -2.88. The van der Waals surface area contributed by atoms with Gasteiger partial charge >= 0.3 is 6.36 Å². The molecule has 0 radical (unpaired) electrons. The largest absolute Gasteiger partial charge is 0.573 e. The summed E-state index contributed by atoms with van der Waals surface area (Å²) in [6.07, 6.45) is -1.31. The highest BCUT2D eigenvalue weighted by molar-refractivity contribution is 5.98. The number of nitrogens with zero attached hydrogens (tertiary/aromatic N) is 3. The monoisotopic (exact) mass is 409 g/mol. The van der Waals surface area contributed by atoms with Crippen LogP contribution in [-0.2, 0) is 0 Å². The lowest BCUT2D eigenvalue weighted by molar-refractivity contribution is -0.274. The SMILES string of the molecule is CC(=NOc1ncnc(NC2CCNCC2)c1C)c1ccc(OC(F)(F)F)cc1. The fraction of sp³-hybridized carbons (Fsp3) is 0.421. The third-order valence-corrected chi connectivity index (χ3v) is 4.49.